The Morgan fingerprint density at radius 1 is 1.31 bits per heavy atom. The molecule has 0 fully saturated rings. The lowest BCUT2D eigenvalue weighted by Crippen LogP contribution is -2.19. The number of Topliss-reactive ketones (excluding diaryl/α,β-unsaturated/α-hetero) is 1. The fourth-order valence-electron chi connectivity index (χ4n) is 1.11. The van der Waals surface area contributed by atoms with Crippen LogP contribution >= 0.6 is 0 Å². The number of nitrogens with two attached hydrogens (primary N) is 1. The molecule has 1 rings (SSSR count). The molecule has 86 valence electrons. The van der Waals surface area contributed by atoms with Gasteiger partial charge in [0.1, 0.15) is 12.4 Å². The van der Waals surface area contributed by atoms with Crippen molar-refractivity contribution in [3.63, 3.8) is 0 Å². The van der Waals surface area contributed by atoms with Crippen LogP contribution in [0.5, 0.6) is 5.75 Å². The summed E-state index contributed by atoms with van der Waals surface area (Å²) in [5.74, 6) is -0.309. The number of hydrogen-bond acceptors (Lipinski definition) is 3. The van der Waals surface area contributed by atoms with Gasteiger partial charge in [-0.15, -0.1) is 0 Å². The second-order valence-corrected chi connectivity index (χ2v) is 3.77. The zero-order chi connectivity index (χ0) is 12.1. The molecule has 0 saturated carbocycles. The SMILES string of the molecule is CC(C)C(=O)COc1ccccc1C(N)=O. The smallest absolute Gasteiger partial charge is 0.252 e. The molecule has 4 nitrogen and oxygen atoms in total. The third kappa shape index (κ3) is 3.08. The van der Waals surface area contributed by atoms with Crippen LogP contribution < -0.4 is 10.5 Å². The van der Waals surface area contributed by atoms with Gasteiger partial charge in [0, 0.05) is 5.92 Å². The number of primary amides is 1. The Bertz CT molecular complexity index is 399. The Kier molecular flexibility index (Phi) is 4.05. The van der Waals surface area contributed by atoms with Gasteiger partial charge in [0.2, 0.25) is 0 Å². The molecule has 0 aliphatic heterocycles. The monoisotopic (exact) mass is 221 g/mol. The summed E-state index contributed by atoms with van der Waals surface area (Å²) in [5.41, 5.74) is 5.47. The first-order valence-electron chi connectivity index (χ1n) is 5.06. The molecule has 0 bridgehead atoms. The van der Waals surface area contributed by atoms with E-state index in [0.29, 0.717) is 11.3 Å². The Morgan fingerprint density at radius 2 is 1.94 bits per heavy atom. The molecule has 1 aromatic carbocycles. The van der Waals surface area contributed by atoms with E-state index in [4.69, 9.17) is 10.5 Å². The minimum absolute atomic E-state index is 0.0146. The molecule has 2 N–H and O–H groups in total. The Hall–Kier alpha value is -1.84. The van der Waals surface area contributed by atoms with Gasteiger partial charge in [-0.25, -0.2) is 0 Å². The van der Waals surface area contributed by atoms with E-state index in [9.17, 15) is 9.59 Å². The highest BCUT2D eigenvalue weighted by atomic mass is 16.5. The van der Waals surface area contributed by atoms with E-state index in [0.717, 1.165) is 0 Å². The standard InChI is InChI=1S/C12H15NO3/c1-8(2)10(14)7-16-11-6-4-3-5-9(11)12(13)15/h3-6,8H,7H2,1-2H3,(H2,13,15). The maximum atomic E-state index is 11.4. The molecule has 0 spiro atoms. The van der Waals surface area contributed by atoms with Crippen molar-refractivity contribution in [1.29, 1.82) is 0 Å². The van der Waals surface area contributed by atoms with Gasteiger partial charge < -0.3 is 10.5 Å². The fraction of sp³-hybridized carbons (Fsp3) is 0.333. The predicted molar refractivity (Wildman–Crippen MR) is 60.3 cm³/mol. The first-order chi connectivity index (χ1) is 7.52. The molecule has 16 heavy (non-hydrogen) atoms. The topological polar surface area (TPSA) is 69.4 Å². The predicted octanol–water partition coefficient (Wildman–Crippen LogP) is 1.39. The molecule has 0 heterocycles. The van der Waals surface area contributed by atoms with Crippen molar-refractivity contribution in [1.82, 2.24) is 0 Å². The highest BCUT2D eigenvalue weighted by molar-refractivity contribution is 5.95. The lowest BCUT2D eigenvalue weighted by Gasteiger charge is -2.09. The number of hydrogen-bond donors (Lipinski definition) is 1. The Morgan fingerprint density at radius 3 is 2.50 bits per heavy atom. The number of ether oxygens (including phenoxy) is 1. The average molecular weight is 221 g/mol. The molecular formula is C12H15NO3. The van der Waals surface area contributed by atoms with Crippen LogP contribution in [-0.2, 0) is 4.79 Å². The van der Waals surface area contributed by atoms with Crippen LogP contribution in [0.25, 0.3) is 0 Å². The minimum atomic E-state index is -0.562. The normalized spacial score (nSPS) is 10.2. The Labute approximate surface area is 94.4 Å². The number of carbonyl (C=O) groups is 2. The number of benzene rings is 1. The highest BCUT2D eigenvalue weighted by Gasteiger charge is 2.11. The summed E-state index contributed by atoms with van der Waals surface area (Å²) >= 11 is 0. The molecule has 0 aliphatic carbocycles. The summed E-state index contributed by atoms with van der Waals surface area (Å²) in [6.07, 6.45) is 0. The van der Waals surface area contributed by atoms with Gasteiger partial charge in [-0.1, -0.05) is 26.0 Å². The van der Waals surface area contributed by atoms with Crippen LogP contribution in [0.1, 0.15) is 24.2 Å². The third-order valence-electron chi connectivity index (χ3n) is 2.17. The van der Waals surface area contributed by atoms with E-state index in [1.54, 1.807) is 38.1 Å². The third-order valence-corrected chi connectivity index (χ3v) is 2.17. The van der Waals surface area contributed by atoms with Crippen molar-refractivity contribution in [3.05, 3.63) is 29.8 Å². The molecule has 0 aromatic heterocycles. The van der Waals surface area contributed by atoms with Crippen molar-refractivity contribution in [3.8, 4) is 5.75 Å². The van der Waals surface area contributed by atoms with E-state index >= 15 is 0 Å². The summed E-state index contributed by atoms with van der Waals surface area (Å²) in [7, 11) is 0. The zero-order valence-electron chi connectivity index (χ0n) is 9.40. The van der Waals surface area contributed by atoms with Gasteiger partial charge >= 0.3 is 0 Å². The van der Waals surface area contributed by atoms with Gasteiger partial charge in [0.15, 0.2) is 5.78 Å². The first-order valence-corrected chi connectivity index (χ1v) is 5.06. The quantitative estimate of drug-likeness (QED) is 0.816. The summed E-state index contributed by atoms with van der Waals surface area (Å²) in [5, 5.41) is 0. The van der Waals surface area contributed by atoms with Gasteiger partial charge in [-0.05, 0) is 12.1 Å². The average Bonchev–Trinajstić information content (AvgIpc) is 2.25. The van der Waals surface area contributed by atoms with Crippen LogP contribution in [0.15, 0.2) is 24.3 Å². The van der Waals surface area contributed by atoms with Gasteiger partial charge in [0.25, 0.3) is 5.91 Å². The Balaban J connectivity index is 2.74. The van der Waals surface area contributed by atoms with Crippen molar-refractivity contribution in [2.45, 2.75) is 13.8 Å². The summed E-state index contributed by atoms with van der Waals surface area (Å²) in [6, 6.07) is 6.60. The van der Waals surface area contributed by atoms with Crippen molar-refractivity contribution in [2.24, 2.45) is 11.7 Å². The molecule has 1 amide bonds. The van der Waals surface area contributed by atoms with Crippen LogP contribution in [0.3, 0.4) is 0 Å². The molecule has 4 heteroatoms. The van der Waals surface area contributed by atoms with Crippen LogP contribution in [0, 0.1) is 5.92 Å². The lowest BCUT2D eigenvalue weighted by molar-refractivity contribution is -0.123. The fourth-order valence-corrected chi connectivity index (χ4v) is 1.11. The number of rotatable bonds is 5. The van der Waals surface area contributed by atoms with E-state index in [2.05, 4.69) is 0 Å². The molecule has 1 aromatic rings. The second-order valence-electron chi connectivity index (χ2n) is 3.77. The van der Waals surface area contributed by atoms with Crippen molar-refractivity contribution in [2.75, 3.05) is 6.61 Å². The van der Waals surface area contributed by atoms with Crippen molar-refractivity contribution < 1.29 is 14.3 Å². The summed E-state index contributed by atoms with van der Waals surface area (Å²) < 4.78 is 5.27. The summed E-state index contributed by atoms with van der Waals surface area (Å²) in [6.45, 7) is 3.55. The van der Waals surface area contributed by atoms with Crippen LogP contribution in [0.2, 0.25) is 0 Å². The first kappa shape index (κ1) is 12.2. The number of ketones is 1. The molecule has 0 saturated heterocycles. The maximum Gasteiger partial charge on any atom is 0.252 e. The molecule has 0 aliphatic rings. The second kappa shape index (κ2) is 5.30. The number of carbonyl (C=O) groups excluding carboxylic acids is 2. The van der Waals surface area contributed by atoms with Gasteiger partial charge in [0.05, 0.1) is 5.56 Å². The molecule has 0 atom stereocenters. The zero-order valence-corrected chi connectivity index (χ0v) is 9.40. The molecular weight excluding hydrogens is 206 g/mol. The highest BCUT2D eigenvalue weighted by Crippen LogP contribution is 2.17. The maximum absolute atomic E-state index is 11.4. The molecule has 0 unspecified atom stereocenters. The van der Waals surface area contributed by atoms with E-state index in [1.165, 1.54) is 0 Å². The van der Waals surface area contributed by atoms with Gasteiger partial charge in [-0.2, -0.15) is 0 Å². The lowest BCUT2D eigenvalue weighted by atomic mass is 10.1. The number of para-hydroxylation sites is 1. The van der Waals surface area contributed by atoms with E-state index < -0.39 is 5.91 Å². The van der Waals surface area contributed by atoms with Crippen LogP contribution in [-0.4, -0.2) is 18.3 Å². The van der Waals surface area contributed by atoms with Gasteiger partial charge in [-0.3, -0.25) is 9.59 Å². The number of amides is 1. The largest absolute Gasteiger partial charge is 0.485 e. The van der Waals surface area contributed by atoms with E-state index in [-0.39, 0.29) is 18.3 Å². The molecule has 0 radical (unpaired) electrons. The van der Waals surface area contributed by atoms with E-state index in [1.807, 2.05) is 0 Å². The van der Waals surface area contributed by atoms with Crippen molar-refractivity contribution >= 4 is 11.7 Å². The van der Waals surface area contributed by atoms with Crippen LogP contribution in [0.4, 0.5) is 0 Å². The summed E-state index contributed by atoms with van der Waals surface area (Å²) in [4.78, 5) is 22.4. The minimum Gasteiger partial charge on any atom is -0.485 e.